The highest BCUT2D eigenvalue weighted by Crippen LogP contribution is 2.02. The topological polar surface area (TPSA) is 89.3 Å². The number of nitrogens with two attached hydrogens (primary N) is 1. The van der Waals surface area contributed by atoms with Crippen LogP contribution in [0.4, 0.5) is 0 Å². The number of amides is 1. The van der Waals surface area contributed by atoms with Crippen LogP contribution in [0, 0.1) is 11.8 Å². The Kier molecular flexibility index (Phi) is 12.5. The molecular formula is C14H28N2O3. The molecule has 0 saturated carbocycles. The highest BCUT2D eigenvalue weighted by atomic mass is 16.2. The van der Waals surface area contributed by atoms with Gasteiger partial charge >= 0.3 is 0 Å². The van der Waals surface area contributed by atoms with Crippen molar-refractivity contribution in [3.63, 3.8) is 0 Å². The van der Waals surface area contributed by atoms with Gasteiger partial charge in [0.1, 0.15) is 12.6 Å². The van der Waals surface area contributed by atoms with Crippen LogP contribution in [0.15, 0.2) is 0 Å². The lowest BCUT2D eigenvalue weighted by Gasteiger charge is -2.12. The van der Waals surface area contributed by atoms with E-state index < -0.39 is 0 Å². The summed E-state index contributed by atoms with van der Waals surface area (Å²) in [5.74, 6) is 0.801. The smallest absolute Gasteiger partial charge is 0.217 e. The van der Waals surface area contributed by atoms with Crippen LogP contribution in [0.3, 0.4) is 0 Å². The van der Waals surface area contributed by atoms with Gasteiger partial charge in [0.2, 0.25) is 5.91 Å². The van der Waals surface area contributed by atoms with Gasteiger partial charge in [0.25, 0.3) is 0 Å². The third kappa shape index (κ3) is 16.8. The SMILES string of the molecule is CC(=O)N[C@H](C=O)CC(C)C.CC(C)C[C@H](N)C=O. The predicted octanol–water partition coefficient (Wildman–Crippen LogP) is 1.29. The molecule has 0 radical (unpaired) electrons. The van der Waals surface area contributed by atoms with Gasteiger partial charge in [0.15, 0.2) is 0 Å². The summed E-state index contributed by atoms with van der Waals surface area (Å²) in [5, 5.41) is 2.55. The fraction of sp³-hybridized carbons (Fsp3) is 0.786. The number of aldehydes is 2. The molecule has 0 rings (SSSR count). The maximum atomic E-state index is 10.5. The molecule has 5 heteroatoms. The first kappa shape index (κ1) is 20.1. The first-order valence-electron chi connectivity index (χ1n) is 6.66. The molecule has 0 saturated heterocycles. The van der Waals surface area contributed by atoms with Gasteiger partial charge in [-0.3, -0.25) is 4.79 Å². The molecule has 5 nitrogen and oxygen atoms in total. The van der Waals surface area contributed by atoms with E-state index in [0.717, 1.165) is 19.0 Å². The highest BCUT2D eigenvalue weighted by Gasteiger charge is 2.09. The zero-order chi connectivity index (χ0) is 15.4. The van der Waals surface area contributed by atoms with Gasteiger partial charge in [-0.25, -0.2) is 0 Å². The van der Waals surface area contributed by atoms with E-state index in [1.165, 1.54) is 6.92 Å². The lowest BCUT2D eigenvalue weighted by molar-refractivity contribution is -0.122. The molecule has 0 aliphatic heterocycles. The molecule has 0 fully saturated rings. The minimum atomic E-state index is -0.313. The Bertz CT molecular complexity index is 265. The van der Waals surface area contributed by atoms with Crippen molar-refractivity contribution in [3.8, 4) is 0 Å². The molecule has 1 amide bonds. The predicted molar refractivity (Wildman–Crippen MR) is 76.6 cm³/mol. The number of carbonyl (C=O) groups is 3. The number of nitrogens with one attached hydrogen (secondary N) is 1. The van der Waals surface area contributed by atoms with Crippen molar-refractivity contribution in [2.45, 2.75) is 59.5 Å². The van der Waals surface area contributed by atoms with Gasteiger partial charge in [0.05, 0.1) is 12.1 Å². The van der Waals surface area contributed by atoms with Gasteiger partial charge in [-0.05, 0) is 24.7 Å². The summed E-state index contributed by atoms with van der Waals surface area (Å²) in [6.07, 6.45) is 3.08. The van der Waals surface area contributed by atoms with Crippen molar-refractivity contribution in [1.29, 1.82) is 0 Å². The van der Waals surface area contributed by atoms with Crippen LogP contribution < -0.4 is 11.1 Å². The molecule has 3 N–H and O–H groups in total. The van der Waals surface area contributed by atoms with Crippen LogP contribution in [0.1, 0.15) is 47.5 Å². The third-order valence-electron chi connectivity index (χ3n) is 2.20. The first-order chi connectivity index (χ1) is 8.72. The summed E-state index contributed by atoms with van der Waals surface area (Å²) in [5.41, 5.74) is 5.31. The molecule has 0 heterocycles. The summed E-state index contributed by atoms with van der Waals surface area (Å²) < 4.78 is 0. The van der Waals surface area contributed by atoms with Gasteiger partial charge in [0, 0.05) is 6.92 Å². The molecular weight excluding hydrogens is 244 g/mol. The average molecular weight is 272 g/mol. The zero-order valence-corrected chi connectivity index (χ0v) is 12.7. The normalized spacial score (nSPS) is 13.3. The fourth-order valence-corrected chi connectivity index (χ4v) is 1.52. The van der Waals surface area contributed by atoms with Crippen LogP contribution in [-0.2, 0) is 14.4 Å². The molecule has 112 valence electrons. The van der Waals surface area contributed by atoms with Gasteiger partial charge in [-0.2, -0.15) is 0 Å². The van der Waals surface area contributed by atoms with E-state index in [-0.39, 0.29) is 18.0 Å². The van der Waals surface area contributed by atoms with Crippen molar-refractivity contribution in [1.82, 2.24) is 5.32 Å². The van der Waals surface area contributed by atoms with Crippen LogP contribution in [0.2, 0.25) is 0 Å². The van der Waals surface area contributed by atoms with E-state index >= 15 is 0 Å². The minimum Gasteiger partial charge on any atom is -0.347 e. The van der Waals surface area contributed by atoms with Crippen molar-refractivity contribution < 1.29 is 14.4 Å². The monoisotopic (exact) mass is 272 g/mol. The second-order valence-electron chi connectivity index (χ2n) is 5.50. The highest BCUT2D eigenvalue weighted by molar-refractivity contribution is 5.77. The lowest BCUT2D eigenvalue weighted by atomic mass is 10.1. The Morgan fingerprint density at radius 3 is 1.74 bits per heavy atom. The van der Waals surface area contributed by atoms with E-state index in [1.54, 1.807) is 0 Å². The second kappa shape index (κ2) is 11.8. The summed E-state index contributed by atoms with van der Waals surface area (Å²) in [6.45, 7) is 9.53. The number of hydrogen-bond acceptors (Lipinski definition) is 4. The summed E-state index contributed by atoms with van der Waals surface area (Å²) in [7, 11) is 0. The van der Waals surface area contributed by atoms with Crippen LogP contribution in [0.5, 0.6) is 0 Å². The zero-order valence-electron chi connectivity index (χ0n) is 12.7. The van der Waals surface area contributed by atoms with Crippen LogP contribution >= 0.6 is 0 Å². The maximum absolute atomic E-state index is 10.5. The fourth-order valence-electron chi connectivity index (χ4n) is 1.52. The largest absolute Gasteiger partial charge is 0.347 e. The Balaban J connectivity index is 0. The minimum absolute atomic E-state index is 0.150. The van der Waals surface area contributed by atoms with E-state index in [1.807, 2.05) is 27.7 Å². The Morgan fingerprint density at radius 2 is 1.53 bits per heavy atom. The summed E-state index contributed by atoms with van der Waals surface area (Å²) in [6, 6.07) is -0.567. The Hall–Kier alpha value is -1.23. The quantitative estimate of drug-likeness (QED) is 0.683. The van der Waals surface area contributed by atoms with Gasteiger partial charge in [-0.1, -0.05) is 27.7 Å². The van der Waals surface area contributed by atoms with E-state index in [9.17, 15) is 14.4 Å². The molecule has 0 spiro atoms. The molecule has 0 aromatic heterocycles. The maximum Gasteiger partial charge on any atom is 0.217 e. The summed E-state index contributed by atoms with van der Waals surface area (Å²) >= 11 is 0. The molecule has 2 atom stereocenters. The Labute approximate surface area is 116 Å². The van der Waals surface area contributed by atoms with Crippen molar-refractivity contribution in [2.75, 3.05) is 0 Å². The van der Waals surface area contributed by atoms with Gasteiger partial charge in [-0.15, -0.1) is 0 Å². The molecule has 0 unspecified atom stereocenters. The molecule has 0 bridgehead atoms. The van der Waals surface area contributed by atoms with Crippen LogP contribution in [0.25, 0.3) is 0 Å². The second-order valence-corrected chi connectivity index (χ2v) is 5.50. The number of carbonyl (C=O) groups excluding carboxylic acids is 3. The lowest BCUT2D eigenvalue weighted by Crippen LogP contribution is -2.35. The average Bonchev–Trinajstić information content (AvgIpc) is 2.26. The molecule has 0 aromatic rings. The van der Waals surface area contributed by atoms with Crippen molar-refractivity contribution in [3.05, 3.63) is 0 Å². The van der Waals surface area contributed by atoms with Crippen molar-refractivity contribution >= 4 is 18.5 Å². The molecule has 0 aliphatic rings. The first-order valence-corrected chi connectivity index (χ1v) is 6.66. The Morgan fingerprint density at radius 1 is 1.05 bits per heavy atom. The molecule has 0 aromatic carbocycles. The van der Waals surface area contributed by atoms with Crippen LogP contribution in [-0.4, -0.2) is 30.6 Å². The van der Waals surface area contributed by atoms with E-state index in [2.05, 4.69) is 5.32 Å². The molecule has 0 aliphatic carbocycles. The van der Waals surface area contributed by atoms with E-state index in [4.69, 9.17) is 5.73 Å². The number of rotatable bonds is 7. The summed E-state index contributed by atoms with van der Waals surface area (Å²) in [4.78, 5) is 30.8. The van der Waals surface area contributed by atoms with Crippen molar-refractivity contribution in [2.24, 2.45) is 17.6 Å². The van der Waals surface area contributed by atoms with Gasteiger partial charge < -0.3 is 20.6 Å². The number of hydrogen-bond donors (Lipinski definition) is 2. The standard InChI is InChI=1S/C8H15NO2.C6H13NO/c1-6(2)4-8(5-10)9-7(3)11;1-5(2)3-6(7)4-8/h5-6,8H,4H2,1-3H3,(H,9,11);4-6H,3,7H2,1-2H3/t8-;6-/m00/s1. The third-order valence-corrected chi connectivity index (χ3v) is 2.20. The molecule has 19 heavy (non-hydrogen) atoms. The van der Waals surface area contributed by atoms with E-state index in [0.29, 0.717) is 18.3 Å².